The Kier molecular flexibility index (Phi) is 3.75. The Bertz CT molecular complexity index is 358. The molecule has 0 aromatic heterocycles. The molecule has 2 N–H and O–H groups in total. The summed E-state index contributed by atoms with van der Waals surface area (Å²) in [5.41, 5.74) is 7.11. The Morgan fingerprint density at radius 2 is 1.80 bits per heavy atom. The fraction of sp³-hybridized carbons (Fsp3) is 0.400. The topological polar surface area (TPSA) is 29.3 Å². The van der Waals surface area contributed by atoms with Crippen LogP contribution in [0.5, 0.6) is 0 Å². The maximum absolute atomic E-state index is 5.91. The zero-order valence-electron chi connectivity index (χ0n) is 8.01. The van der Waals surface area contributed by atoms with Gasteiger partial charge in [0.25, 0.3) is 0 Å². The molecular formula is C10H11Br3N2. The number of nitrogens with zero attached hydrogens (tertiary/aromatic N) is 1. The lowest BCUT2D eigenvalue weighted by Gasteiger charge is -2.21. The second kappa shape index (κ2) is 4.73. The van der Waals surface area contributed by atoms with Crippen LogP contribution in [0.2, 0.25) is 0 Å². The van der Waals surface area contributed by atoms with Gasteiger partial charge in [-0.2, -0.15) is 0 Å². The van der Waals surface area contributed by atoms with Crippen molar-refractivity contribution in [1.29, 1.82) is 0 Å². The molecule has 0 radical (unpaired) electrons. The van der Waals surface area contributed by atoms with Gasteiger partial charge in [-0.05, 0) is 50.4 Å². The van der Waals surface area contributed by atoms with E-state index in [-0.39, 0.29) is 0 Å². The molecule has 0 amide bonds. The minimum absolute atomic E-state index is 0.299. The number of halogens is 3. The van der Waals surface area contributed by atoms with Crippen LogP contribution in [-0.4, -0.2) is 19.1 Å². The van der Waals surface area contributed by atoms with Crippen molar-refractivity contribution < 1.29 is 0 Å². The third-order valence-corrected chi connectivity index (χ3v) is 4.19. The van der Waals surface area contributed by atoms with Crippen LogP contribution >= 0.6 is 47.8 Å². The molecule has 2 rings (SSSR count). The van der Waals surface area contributed by atoms with Crippen LogP contribution in [0, 0.1) is 0 Å². The van der Waals surface area contributed by atoms with Crippen molar-refractivity contribution in [2.45, 2.75) is 12.5 Å². The first-order valence-electron chi connectivity index (χ1n) is 4.73. The van der Waals surface area contributed by atoms with E-state index in [0.717, 1.165) is 32.9 Å². The van der Waals surface area contributed by atoms with E-state index in [0.29, 0.717) is 6.04 Å². The SMILES string of the molecule is NC1CCN(c2c(Br)cc(Br)cc2Br)C1. The Morgan fingerprint density at radius 1 is 1.20 bits per heavy atom. The first-order chi connectivity index (χ1) is 7.08. The molecular weight excluding hydrogens is 388 g/mol. The van der Waals surface area contributed by atoms with E-state index in [1.54, 1.807) is 0 Å². The molecule has 1 fully saturated rings. The van der Waals surface area contributed by atoms with Gasteiger partial charge >= 0.3 is 0 Å². The molecule has 5 heteroatoms. The summed E-state index contributed by atoms with van der Waals surface area (Å²) < 4.78 is 3.25. The van der Waals surface area contributed by atoms with E-state index in [1.807, 2.05) is 0 Å². The normalized spacial score (nSPS) is 21.1. The number of hydrogen-bond donors (Lipinski definition) is 1. The maximum Gasteiger partial charge on any atom is 0.0656 e. The molecule has 15 heavy (non-hydrogen) atoms. The summed E-state index contributed by atoms with van der Waals surface area (Å²) >= 11 is 10.6. The van der Waals surface area contributed by atoms with Crippen molar-refractivity contribution in [3.8, 4) is 0 Å². The molecule has 0 spiro atoms. The minimum Gasteiger partial charge on any atom is -0.368 e. The van der Waals surface area contributed by atoms with Gasteiger partial charge in [-0.25, -0.2) is 0 Å². The lowest BCUT2D eigenvalue weighted by Crippen LogP contribution is -2.26. The summed E-state index contributed by atoms with van der Waals surface area (Å²) in [6.45, 7) is 1.96. The molecule has 1 aliphatic heterocycles. The fourth-order valence-corrected chi connectivity index (χ4v) is 4.59. The van der Waals surface area contributed by atoms with Crippen LogP contribution in [-0.2, 0) is 0 Å². The highest BCUT2D eigenvalue weighted by Gasteiger charge is 2.22. The minimum atomic E-state index is 0.299. The second-order valence-electron chi connectivity index (χ2n) is 3.71. The number of nitrogens with two attached hydrogens (primary N) is 1. The smallest absolute Gasteiger partial charge is 0.0656 e. The molecule has 82 valence electrons. The van der Waals surface area contributed by atoms with E-state index in [9.17, 15) is 0 Å². The average Bonchev–Trinajstić information content (AvgIpc) is 2.49. The lowest BCUT2D eigenvalue weighted by molar-refractivity contribution is 0.752. The van der Waals surface area contributed by atoms with Gasteiger partial charge in [0.05, 0.1) is 5.69 Å². The zero-order valence-corrected chi connectivity index (χ0v) is 12.8. The van der Waals surface area contributed by atoms with Gasteiger partial charge in [0.15, 0.2) is 0 Å². The van der Waals surface area contributed by atoms with Crippen molar-refractivity contribution >= 4 is 53.5 Å². The number of rotatable bonds is 1. The van der Waals surface area contributed by atoms with E-state index in [4.69, 9.17) is 5.73 Å². The number of benzene rings is 1. The Morgan fingerprint density at radius 3 is 2.27 bits per heavy atom. The van der Waals surface area contributed by atoms with Gasteiger partial charge < -0.3 is 10.6 Å². The molecule has 0 saturated carbocycles. The molecule has 1 atom stereocenters. The second-order valence-corrected chi connectivity index (χ2v) is 6.34. The van der Waals surface area contributed by atoms with Gasteiger partial charge in [0.2, 0.25) is 0 Å². The predicted molar refractivity (Wildman–Crippen MR) is 74.3 cm³/mol. The van der Waals surface area contributed by atoms with Crippen LogP contribution in [0.3, 0.4) is 0 Å². The Labute approximate surface area is 115 Å². The van der Waals surface area contributed by atoms with Gasteiger partial charge in [0.1, 0.15) is 0 Å². The van der Waals surface area contributed by atoms with Crippen molar-refractivity contribution in [3.05, 3.63) is 25.6 Å². The van der Waals surface area contributed by atoms with Crippen LogP contribution < -0.4 is 10.6 Å². The van der Waals surface area contributed by atoms with Crippen LogP contribution in [0.1, 0.15) is 6.42 Å². The molecule has 0 bridgehead atoms. The summed E-state index contributed by atoms with van der Waals surface area (Å²) in [5.74, 6) is 0. The van der Waals surface area contributed by atoms with Gasteiger partial charge in [-0.1, -0.05) is 15.9 Å². The Balaban J connectivity index is 2.35. The number of anilines is 1. The van der Waals surface area contributed by atoms with Crippen molar-refractivity contribution in [2.24, 2.45) is 5.73 Å². The summed E-state index contributed by atoms with van der Waals surface area (Å²) in [7, 11) is 0. The third-order valence-electron chi connectivity index (χ3n) is 2.52. The molecule has 2 nitrogen and oxygen atoms in total. The molecule has 1 heterocycles. The monoisotopic (exact) mass is 396 g/mol. The summed E-state index contributed by atoms with van der Waals surface area (Å²) in [6, 6.07) is 4.42. The standard InChI is InChI=1S/C10H11Br3N2/c11-6-3-8(12)10(9(13)4-6)15-2-1-7(14)5-15/h3-4,7H,1-2,5,14H2. The summed E-state index contributed by atoms with van der Waals surface area (Å²) in [4.78, 5) is 2.31. The zero-order chi connectivity index (χ0) is 11.0. The summed E-state index contributed by atoms with van der Waals surface area (Å²) in [6.07, 6.45) is 1.06. The average molecular weight is 399 g/mol. The quantitative estimate of drug-likeness (QED) is 0.784. The molecule has 1 aliphatic rings. The molecule has 1 aromatic rings. The van der Waals surface area contributed by atoms with Crippen molar-refractivity contribution in [3.63, 3.8) is 0 Å². The van der Waals surface area contributed by atoms with Gasteiger partial charge in [0, 0.05) is 32.5 Å². The van der Waals surface area contributed by atoms with E-state index >= 15 is 0 Å². The third kappa shape index (κ3) is 2.57. The molecule has 1 unspecified atom stereocenters. The predicted octanol–water partition coefficient (Wildman–Crippen LogP) is 3.51. The highest BCUT2D eigenvalue weighted by Crippen LogP contribution is 2.38. The lowest BCUT2D eigenvalue weighted by atomic mass is 10.3. The van der Waals surface area contributed by atoms with Crippen LogP contribution in [0.25, 0.3) is 0 Å². The van der Waals surface area contributed by atoms with E-state index in [1.165, 1.54) is 5.69 Å². The first kappa shape index (κ1) is 11.9. The fourth-order valence-electron chi connectivity index (χ4n) is 1.83. The van der Waals surface area contributed by atoms with Gasteiger partial charge in [-0.3, -0.25) is 0 Å². The van der Waals surface area contributed by atoms with Crippen molar-refractivity contribution in [2.75, 3.05) is 18.0 Å². The first-order valence-corrected chi connectivity index (χ1v) is 7.11. The maximum atomic E-state index is 5.91. The van der Waals surface area contributed by atoms with E-state index < -0.39 is 0 Å². The highest BCUT2D eigenvalue weighted by atomic mass is 79.9. The molecule has 0 aliphatic carbocycles. The van der Waals surface area contributed by atoms with Crippen LogP contribution in [0.4, 0.5) is 5.69 Å². The van der Waals surface area contributed by atoms with Crippen LogP contribution in [0.15, 0.2) is 25.6 Å². The number of hydrogen-bond acceptors (Lipinski definition) is 2. The Hall–Kier alpha value is 0.420. The highest BCUT2D eigenvalue weighted by molar-refractivity contribution is 9.11. The van der Waals surface area contributed by atoms with Gasteiger partial charge in [-0.15, -0.1) is 0 Å². The summed E-state index contributed by atoms with van der Waals surface area (Å²) in [5, 5.41) is 0. The van der Waals surface area contributed by atoms with E-state index in [2.05, 4.69) is 64.8 Å². The van der Waals surface area contributed by atoms with Crippen molar-refractivity contribution in [1.82, 2.24) is 0 Å². The largest absolute Gasteiger partial charge is 0.368 e. The molecule has 1 saturated heterocycles. The molecule has 1 aromatic carbocycles.